The minimum Gasteiger partial charge on any atom is -0.397 e. The van der Waals surface area contributed by atoms with Crippen molar-refractivity contribution in [3.63, 3.8) is 0 Å². The smallest absolute Gasteiger partial charge is 0.271 e. The fraction of sp³-hybridized carbons (Fsp3) is 0.462. The lowest BCUT2D eigenvalue weighted by Gasteiger charge is -2.35. The molecule has 2 N–H and O–H groups in total. The zero-order chi connectivity index (χ0) is 15.7. The second kappa shape index (κ2) is 5.87. The van der Waals surface area contributed by atoms with Crippen LogP contribution in [0.2, 0.25) is 5.02 Å². The molecule has 0 aromatic heterocycles. The molecule has 7 nitrogen and oxygen atoms in total. The summed E-state index contributed by atoms with van der Waals surface area (Å²) < 4.78 is 5.56. The van der Waals surface area contributed by atoms with Crippen molar-refractivity contribution in [2.45, 2.75) is 26.1 Å². The number of hydrogen-bond donors (Lipinski definition) is 1. The van der Waals surface area contributed by atoms with Crippen LogP contribution in [0.4, 0.5) is 11.4 Å². The van der Waals surface area contributed by atoms with Crippen LogP contribution in [0.3, 0.4) is 0 Å². The lowest BCUT2D eigenvalue weighted by molar-refractivity contribution is -0.384. The summed E-state index contributed by atoms with van der Waals surface area (Å²) in [6.07, 6.45) is -0.207. The summed E-state index contributed by atoms with van der Waals surface area (Å²) in [6.45, 7) is 4.53. The Labute approximate surface area is 126 Å². The molecule has 1 fully saturated rings. The highest BCUT2D eigenvalue weighted by Crippen LogP contribution is 2.30. The molecule has 1 amide bonds. The molecule has 0 spiro atoms. The number of nitrogens with zero attached hydrogens (tertiary/aromatic N) is 2. The molecule has 1 saturated heterocycles. The van der Waals surface area contributed by atoms with Crippen molar-refractivity contribution in [3.05, 3.63) is 32.8 Å². The molecule has 1 aliphatic heterocycles. The zero-order valence-corrected chi connectivity index (χ0v) is 12.5. The highest BCUT2D eigenvalue weighted by atomic mass is 35.5. The van der Waals surface area contributed by atoms with Gasteiger partial charge in [0.25, 0.3) is 11.6 Å². The van der Waals surface area contributed by atoms with E-state index in [2.05, 4.69) is 0 Å². The molecule has 8 heteroatoms. The highest BCUT2D eigenvalue weighted by molar-refractivity contribution is 6.34. The van der Waals surface area contributed by atoms with Crippen LogP contribution in [0.1, 0.15) is 24.2 Å². The molecule has 0 unspecified atom stereocenters. The first-order valence-electron chi connectivity index (χ1n) is 6.47. The summed E-state index contributed by atoms with van der Waals surface area (Å²) in [5.41, 5.74) is 5.64. The molecule has 0 saturated carbocycles. The van der Waals surface area contributed by atoms with Gasteiger partial charge in [0.2, 0.25) is 0 Å². The zero-order valence-electron chi connectivity index (χ0n) is 11.7. The van der Waals surface area contributed by atoms with Gasteiger partial charge in [-0.3, -0.25) is 14.9 Å². The lowest BCUT2D eigenvalue weighted by atomic mass is 10.1. The Morgan fingerprint density at radius 1 is 1.43 bits per heavy atom. The maximum atomic E-state index is 12.5. The van der Waals surface area contributed by atoms with Crippen LogP contribution >= 0.6 is 11.6 Å². The molecule has 1 aromatic rings. The summed E-state index contributed by atoms with van der Waals surface area (Å²) in [5, 5.41) is 10.9. The molecule has 1 aromatic carbocycles. The van der Waals surface area contributed by atoms with Gasteiger partial charge in [-0.15, -0.1) is 0 Å². The topological polar surface area (TPSA) is 98.7 Å². The van der Waals surface area contributed by atoms with E-state index in [1.54, 1.807) is 4.90 Å². The van der Waals surface area contributed by atoms with Gasteiger partial charge in [-0.25, -0.2) is 0 Å². The van der Waals surface area contributed by atoms with Crippen LogP contribution in [0.25, 0.3) is 0 Å². The molecule has 1 heterocycles. The minimum absolute atomic E-state index is 0.00177. The number of nitrogens with two attached hydrogens (primary N) is 1. The normalized spacial score (nSPS) is 22.1. The van der Waals surface area contributed by atoms with E-state index in [4.69, 9.17) is 22.1 Å². The number of amides is 1. The van der Waals surface area contributed by atoms with E-state index >= 15 is 0 Å². The van der Waals surface area contributed by atoms with Crippen molar-refractivity contribution in [2.24, 2.45) is 0 Å². The van der Waals surface area contributed by atoms with E-state index in [1.807, 2.05) is 13.8 Å². The summed E-state index contributed by atoms with van der Waals surface area (Å²) in [6, 6.07) is 2.30. The van der Waals surface area contributed by atoms with Gasteiger partial charge >= 0.3 is 0 Å². The van der Waals surface area contributed by atoms with Gasteiger partial charge in [0, 0.05) is 25.2 Å². The van der Waals surface area contributed by atoms with E-state index in [1.165, 1.54) is 0 Å². The number of ether oxygens (including phenoxy) is 1. The summed E-state index contributed by atoms with van der Waals surface area (Å²) >= 11 is 5.88. The van der Waals surface area contributed by atoms with Gasteiger partial charge in [-0.2, -0.15) is 0 Å². The van der Waals surface area contributed by atoms with Gasteiger partial charge in [0.05, 0.1) is 33.4 Å². The van der Waals surface area contributed by atoms with Gasteiger partial charge < -0.3 is 15.4 Å². The van der Waals surface area contributed by atoms with Crippen LogP contribution in [-0.2, 0) is 4.74 Å². The van der Waals surface area contributed by atoms with E-state index in [0.717, 1.165) is 12.1 Å². The highest BCUT2D eigenvalue weighted by Gasteiger charge is 2.29. The fourth-order valence-electron chi connectivity index (χ4n) is 2.40. The van der Waals surface area contributed by atoms with Crippen LogP contribution in [0, 0.1) is 10.1 Å². The Balaban J connectivity index is 2.36. The van der Waals surface area contributed by atoms with Gasteiger partial charge in [-0.05, 0) is 13.8 Å². The van der Waals surface area contributed by atoms with Crippen molar-refractivity contribution in [3.8, 4) is 0 Å². The average Bonchev–Trinajstić information content (AvgIpc) is 2.39. The van der Waals surface area contributed by atoms with Crippen LogP contribution in [0.5, 0.6) is 0 Å². The van der Waals surface area contributed by atoms with Crippen LogP contribution in [0.15, 0.2) is 12.1 Å². The summed E-state index contributed by atoms with van der Waals surface area (Å²) in [5.74, 6) is -0.375. The van der Waals surface area contributed by atoms with E-state index in [9.17, 15) is 14.9 Å². The molecule has 2 rings (SSSR count). The van der Waals surface area contributed by atoms with Crippen molar-refractivity contribution < 1.29 is 14.5 Å². The molecule has 0 radical (unpaired) electrons. The van der Waals surface area contributed by atoms with Gasteiger partial charge in [-0.1, -0.05) is 11.6 Å². The second-order valence-electron chi connectivity index (χ2n) is 5.11. The molecule has 2 atom stereocenters. The van der Waals surface area contributed by atoms with Crippen molar-refractivity contribution >= 4 is 28.9 Å². The second-order valence-corrected chi connectivity index (χ2v) is 5.52. The number of anilines is 1. The predicted octanol–water partition coefficient (Wildman–Crippen LogP) is 2.08. The maximum Gasteiger partial charge on any atom is 0.271 e. The third kappa shape index (κ3) is 3.25. The number of halogens is 1. The molecule has 1 aliphatic rings. The fourth-order valence-corrected chi connectivity index (χ4v) is 2.61. The Bertz CT molecular complexity index is 583. The minimum atomic E-state index is -0.604. The number of nitro groups is 1. The van der Waals surface area contributed by atoms with Crippen molar-refractivity contribution in [1.82, 2.24) is 4.90 Å². The van der Waals surface area contributed by atoms with Crippen molar-refractivity contribution in [2.75, 3.05) is 18.8 Å². The third-order valence-electron chi connectivity index (χ3n) is 3.26. The van der Waals surface area contributed by atoms with Gasteiger partial charge in [0.1, 0.15) is 0 Å². The first-order valence-corrected chi connectivity index (χ1v) is 6.85. The number of morpholine rings is 1. The number of nitrogen functional groups attached to an aromatic ring is 1. The monoisotopic (exact) mass is 313 g/mol. The quantitative estimate of drug-likeness (QED) is 0.512. The number of hydrogen-bond acceptors (Lipinski definition) is 5. The Kier molecular flexibility index (Phi) is 4.34. The van der Waals surface area contributed by atoms with E-state index in [0.29, 0.717) is 13.1 Å². The Morgan fingerprint density at radius 2 is 2.00 bits per heavy atom. The number of carbonyl (C=O) groups is 1. The number of non-ortho nitro benzene ring substituents is 1. The predicted molar refractivity (Wildman–Crippen MR) is 78.4 cm³/mol. The van der Waals surface area contributed by atoms with Crippen LogP contribution in [-0.4, -0.2) is 41.0 Å². The number of rotatable bonds is 2. The van der Waals surface area contributed by atoms with Crippen molar-refractivity contribution in [1.29, 1.82) is 0 Å². The lowest BCUT2D eigenvalue weighted by Crippen LogP contribution is -2.48. The van der Waals surface area contributed by atoms with Crippen LogP contribution < -0.4 is 5.73 Å². The summed E-state index contributed by atoms with van der Waals surface area (Å²) in [7, 11) is 0. The number of carbonyl (C=O) groups excluding carboxylic acids is 1. The third-order valence-corrected chi connectivity index (χ3v) is 3.58. The Hall–Kier alpha value is -1.86. The number of nitro benzene ring substituents is 1. The first-order chi connectivity index (χ1) is 9.79. The SMILES string of the molecule is C[C@@H]1CN(C(=O)c2cc([N+](=O)[O-])cc(Cl)c2N)C[C@H](C)O1. The molecule has 0 bridgehead atoms. The summed E-state index contributed by atoms with van der Waals surface area (Å²) in [4.78, 5) is 24.4. The Morgan fingerprint density at radius 3 is 2.52 bits per heavy atom. The molecular weight excluding hydrogens is 298 g/mol. The number of benzene rings is 1. The maximum absolute atomic E-state index is 12.5. The standard InChI is InChI=1S/C13H16ClN3O4/c1-7-5-16(6-8(2)21-7)13(18)10-3-9(17(19)20)4-11(14)12(10)15/h3-4,7-8H,5-6,15H2,1-2H3/t7-,8+. The van der Waals surface area contributed by atoms with E-state index < -0.39 is 4.92 Å². The van der Waals surface area contributed by atoms with Gasteiger partial charge in [0.15, 0.2) is 0 Å². The molecule has 21 heavy (non-hydrogen) atoms. The molecular formula is C13H16ClN3O4. The first kappa shape index (κ1) is 15.5. The van der Waals surface area contributed by atoms with E-state index in [-0.39, 0.29) is 40.1 Å². The molecule has 0 aliphatic carbocycles. The largest absolute Gasteiger partial charge is 0.397 e. The average molecular weight is 314 g/mol. The molecule has 114 valence electrons.